The van der Waals surface area contributed by atoms with Crippen LogP contribution in [0.4, 0.5) is 36.4 Å². The molecule has 2 aromatic heterocycles. The van der Waals surface area contributed by atoms with E-state index in [0.29, 0.717) is 36.1 Å². The van der Waals surface area contributed by atoms with Gasteiger partial charge in [0.2, 0.25) is 15.8 Å². The lowest BCUT2D eigenvalue weighted by Crippen LogP contribution is -2.57. The number of aliphatic hydroxyl groups is 1. The number of sulfone groups is 1. The number of hydrogen-bond donors (Lipinski definition) is 2. The fraction of sp³-hybridized carbons (Fsp3) is 0.519. The summed E-state index contributed by atoms with van der Waals surface area (Å²) >= 11 is 0. The van der Waals surface area contributed by atoms with Crippen LogP contribution in [0.5, 0.6) is 0 Å². The molecule has 2 fully saturated rings. The number of halogens is 3. The van der Waals surface area contributed by atoms with Crippen molar-refractivity contribution in [2.24, 2.45) is 5.92 Å². The van der Waals surface area contributed by atoms with E-state index in [1.807, 2.05) is 18.2 Å². The molecular formula is C27H33F3N6O3S. The van der Waals surface area contributed by atoms with Crippen LogP contribution in [0.25, 0.3) is 10.8 Å². The van der Waals surface area contributed by atoms with Crippen LogP contribution in [0.2, 0.25) is 0 Å². The first-order valence-corrected chi connectivity index (χ1v) is 15.0. The van der Waals surface area contributed by atoms with E-state index in [-0.39, 0.29) is 32.0 Å². The molecule has 0 unspecified atom stereocenters. The summed E-state index contributed by atoms with van der Waals surface area (Å²) in [5.41, 5.74) is -0.0160. The number of aliphatic hydroxyl groups excluding tert-OH is 1. The van der Waals surface area contributed by atoms with E-state index in [9.17, 15) is 26.7 Å². The Kier molecular flexibility index (Phi) is 7.10. The van der Waals surface area contributed by atoms with E-state index in [1.54, 1.807) is 28.3 Å². The first-order valence-electron chi connectivity index (χ1n) is 13.1. The molecule has 0 saturated carbocycles. The highest BCUT2D eigenvalue weighted by molar-refractivity contribution is 7.91. The summed E-state index contributed by atoms with van der Waals surface area (Å²) in [5.74, 6) is 0.192. The average Bonchev–Trinajstić information content (AvgIpc) is 2.84. The summed E-state index contributed by atoms with van der Waals surface area (Å²) in [6.07, 6.45) is 3.03. The summed E-state index contributed by atoms with van der Waals surface area (Å²) in [5, 5.41) is 11.0. The quantitative estimate of drug-likeness (QED) is 0.425. The molecule has 2 aliphatic heterocycles. The van der Waals surface area contributed by atoms with Crippen LogP contribution in [0, 0.1) is 5.92 Å². The molecule has 9 nitrogen and oxygen atoms in total. The van der Waals surface area contributed by atoms with Crippen molar-refractivity contribution in [2.45, 2.75) is 50.1 Å². The van der Waals surface area contributed by atoms with Gasteiger partial charge in [-0.25, -0.2) is 22.8 Å². The number of pyridine rings is 1. The SMILES string of the molecule is CC(C)c1ccc(N2CC(C(F)(F)S(C)(=O)=O)C2)c2cnc(Nc3ccnc(N4CC[C@@H](O)[C@@](C)(F)C4)n3)cc12. The van der Waals surface area contributed by atoms with Gasteiger partial charge in [-0.3, -0.25) is 0 Å². The number of nitrogens with one attached hydrogen (secondary N) is 1. The highest BCUT2D eigenvalue weighted by atomic mass is 32.2. The number of aromatic nitrogens is 3. The van der Waals surface area contributed by atoms with Crippen molar-refractivity contribution in [2.75, 3.05) is 47.6 Å². The lowest BCUT2D eigenvalue weighted by atomic mass is 9.93. The molecule has 40 heavy (non-hydrogen) atoms. The number of nitrogens with zero attached hydrogens (tertiary/aromatic N) is 5. The zero-order valence-electron chi connectivity index (χ0n) is 22.8. The second-order valence-corrected chi connectivity index (χ2v) is 13.3. The number of benzene rings is 1. The van der Waals surface area contributed by atoms with Crippen LogP contribution in [0.1, 0.15) is 38.7 Å². The topological polar surface area (TPSA) is 112 Å². The van der Waals surface area contributed by atoms with E-state index in [0.717, 1.165) is 16.3 Å². The molecule has 2 aliphatic rings. The molecule has 13 heteroatoms. The van der Waals surface area contributed by atoms with E-state index in [1.165, 1.54) is 6.92 Å². The average molecular weight is 579 g/mol. The Morgan fingerprint density at radius 3 is 2.50 bits per heavy atom. The van der Waals surface area contributed by atoms with Gasteiger partial charge >= 0.3 is 5.25 Å². The first-order chi connectivity index (χ1) is 18.7. The van der Waals surface area contributed by atoms with Gasteiger partial charge in [0, 0.05) is 49.4 Å². The summed E-state index contributed by atoms with van der Waals surface area (Å²) in [6.45, 7) is 5.71. The van der Waals surface area contributed by atoms with Gasteiger partial charge in [0.25, 0.3) is 0 Å². The van der Waals surface area contributed by atoms with Gasteiger partial charge in [-0.1, -0.05) is 19.9 Å². The zero-order chi connectivity index (χ0) is 29.0. The molecule has 216 valence electrons. The van der Waals surface area contributed by atoms with Crippen LogP contribution in [0.3, 0.4) is 0 Å². The largest absolute Gasteiger partial charge is 0.390 e. The molecule has 0 spiro atoms. The van der Waals surface area contributed by atoms with Crippen molar-refractivity contribution < 1.29 is 26.7 Å². The third-order valence-electron chi connectivity index (χ3n) is 7.77. The number of hydrogen-bond acceptors (Lipinski definition) is 9. The first kappa shape index (κ1) is 28.3. The molecule has 4 heterocycles. The Morgan fingerprint density at radius 2 is 1.85 bits per heavy atom. The van der Waals surface area contributed by atoms with Gasteiger partial charge in [-0.15, -0.1) is 0 Å². The van der Waals surface area contributed by atoms with Crippen LogP contribution >= 0.6 is 0 Å². The molecular weight excluding hydrogens is 545 g/mol. The van der Waals surface area contributed by atoms with Crippen LogP contribution < -0.4 is 15.1 Å². The fourth-order valence-corrected chi connectivity index (χ4v) is 6.05. The lowest BCUT2D eigenvalue weighted by Gasteiger charge is -2.44. The van der Waals surface area contributed by atoms with Crippen molar-refractivity contribution in [3.63, 3.8) is 0 Å². The zero-order valence-corrected chi connectivity index (χ0v) is 23.6. The Morgan fingerprint density at radius 1 is 1.12 bits per heavy atom. The Balaban J connectivity index is 1.40. The van der Waals surface area contributed by atoms with Crippen LogP contribution in [-0.2, 0) is 9.84 Å². The summed E-state index contributed by atoms with van der Waals surface area (Å²) < 4.78 is 66.5. The molecule has 2 saturated heterocycles. The second kappa shape index (κ2) is 10.0. The number of fused-ring (bicyclic) bond motifs is 1. The predicted octanol–water partition coefficient (Wildman–Crippen LogP) is 4.26. The van der Waals surface area contributed by atoms with Gasteiger partial charge in [0.15, 0.2) is 5.67 Å². The summed E-state index contributed by atoms with van der Waals surface area (Å²) in [6, 6.07) is 7.36. The molecule has 3 aromatic rings. The minimum atomic E-state index is -4.51. The van der Waals surface area contributed by atoms with E-state index >= 15 is 0 Å². The highest BCUT2D eigenvalue weighted by Crippen LogP contribution is 2.42. The minimum Gasteiger partial charge on any atom is -0.390 e. The molecule has 0 radical (unpaired) electrons. The standard InChI is InChI=1S/C27H33F3N6O3S/c1-16(2)18-5-6-21(36-13-17(14-36)27(29,30)40(4,38)39)20-12-32-24(11-19(18)20)33-23-7-9-31-25(34-23)35-10-8-22(37)26(3,28)15-35/h5-7,9,11-12,16-17,22,37H,8,10,13-15H2,1-4H3,(H,31,32,33,34)/t22-,26+/m1/s1. The molecule has 5 rings (SSSR count). The van der Waals surface area contributed by atoms with Crippen molar-refractivity contribution in [3.8, 4) is 0 Å². The van der Waals surface area contributed by atoms with Gasteiger partial charge in [0.05, 0.1) is 18.6 Å². The van der Waals surface area contributed by atoms with Crippen molar-refractivity contribution in [3.05, 3.63) is 42.2 Å². The van der Waals surface area contributed by atoms with Crippen LogP contribution in [0.15, 0.2) is 36.7 Å². The van der Waals surface area contributed by atoms with E-state index in [4.69, 9.17) is 0 Å². The number of rotatable bonds is 7. The van der Waals surface area contributed by atoms with E-state index < -0.39 is 32.8 Å². The van der Waals surface area contributed by atoms with Gasteiger partial charge in [-0.2, -0.15) is 13.8 Å². The summed E-state index contributed by atoms with van der Waals surface area (Å²) in [4.78, 5) is 16.8. The number of anilines is 4. The Hall–Kier alpha value is -3.19. The normalized spacial score (nSPS) is 22.6. The number of piperidine rings is 1. The molecule has 2 atom stereocenters. The van der Waals surface area contributed by atoms with Gasteiger partial charge < -0.3 is 20.2 Å². The number of alkyl halides is 3. The third-order valence-corrected chi connectivity index (χ3v) is 9.10. The van der Waals surface area contributed by atoms with E-state index in [2.05, 4.69) is 34.1 Å². The van der Waals surface area contributed by atoms with Gasteiger partial charge in [0.1, 0.15) is 11.6 Å². The van der Waals surface area contributed by atoms with Crippen molar-refractivity contribution in [1.29, 1.82) is 0 Å². The molecule has 2 N–H and O–H groups in total. The molecule has 0 bridgehead atoms. The summed E-state index contributed by atoms with van der Waals surface area (Å²) in [7, 11) is -4.51. The minimum absolute atomic E-state index is 0.0279. The maximum Gasteiger partial charge on any atom is 0.351 e. The van der Waals surface area contributed by atoms with Crippen LogP contribution in [-0.4, -0.2) is 77.9 Å². The maximum absolute atomic E-state index is 14.7. The molecule has 0 amide bonds. The predicted molar refractivity (Wildman–Crippen MR) is 149 cm³/mol. The maximum atomic E-state index is 14.7. The van der Waals surface area contributed by atoms with Crippen molar-refractivity contribution in [1.82, 2.24) is 15.0 Å². The molecule has 0 aliphatic carbocycles. The fourth-order valence-electron chi connectivity index (χ4n) is 5.29. The second-order valence-electron chi connectivity index (χ2n) is 11.3. The molecule has 1 aromatic carbocycles. The van der Waals surface area contributed by atoms with Crippen molar-refractivity contribution >= 4 is 43.9 Å². The Bertz CT molecular complexity index is 1530. The van der Waals surface area contributed by atoms with Gasteiger partial charge in [-0.05, 0) is 48.4 Å². The third kappa shape index (κ3) is 5.16. The highest BCUT2D eigenvalue weighted by Gasteiger charge is 2.54. The monoisotopic (exact) mass is 578 g/mol. The Labute approximate surface area is 231 Å². The smallest absolute Gasteiger partial charge is 0.351 e. The lowest BCUT2D eigenvalue weighted by molar-refractivity contribution is -0.00860.